The van der Waals surface area contributed by atoms with E-state index in [4.69, 9.17) is 25.8 Å². The van der Waals surface area contributed by atoms with Crippen molar-refractivity contribution in [3.8, 4) is 17.2 Å². The van der Waals surface area contributed by atoms with Gasteiger partial charge in [-0.15, -0.1) is 0 Å². The smallest absolute Gasteiger partial charge is 0.203 e. The minimum absolute atomic E-state index is 0.00599. The van der Waals surface area contributed by atoms with Crippen LogP contribution in [-0.4, -0.2) is 37.3 Å². The molecule has 2 heterocycles. The number of benzene rings is 2. The first kappa shape index (κ1) is 20.6. The summed E-state index contributed by atoms with van der Waals surface area (Å²) in [6.45, 7) is 2.66. The van der Waals surface area contributed by atoms with Crippen molar-refractivity contribution >= 4 is 11.6 Å². The van der Waals surface area contributed by atoms with Crippen molar-refractivity contribution in [2.45, 2.75) is 25.6 Å². The molecule has 0 amide bonds. The molecule has 4 rings (SSSR count). The zero-order valence-corrected chi connectivity index (χ0v) is 18.4. The van der Waals surface area contributed by atoms with Gasteiger partial charge in [-0.1, -0.05) is 29.8 Å². The van der Waals surface area contributed by atoms with E-state index in [1.165, 1.54) is 5.69 Å². The predicted molar refractivity (Wildman–Crippen MR) is 119 cm³/mol. The van der Waals surface area contributed by atoms with Crippen LogP contribution in [0.4, 0.5) is 0 Å². The second-order valence-electron chi connectivity index (χ2n) is 7.37. The van der Waals surface area contributed by atoms with Crippen LogP contribution in [0.25, 0.3) is 0 Å². The van der Waals surface area contributed by atoms with E-state index in [1.807, 2.05) is 24.3 Å². The lowest BCUT2D eigenvalue weighted by Crippen LogP contribution is -2.30. The van der Waals surface area contributed by atoms with Crippen LogP contribution < -0.4 is 14.2 Å². The SMILES string of the molecule is COc1ccc([C@H]2c3cccn3CCCN2Cc2ccccc2Cl)c(OC)c1OC. The number of ether oxygens (including phenoxy) is 3. The Morgan fingerprint density at radius 3 is 2.43 bits per heavy atom. The molecule has 0 bridgehead atoms. The van der Waals surface area contributed by atoms with Gasteiger partial charge >= 0.3 is 0 Å². The molecule has 0 saturated carbocycles. The van der Waals surface area contributed by atoms with Gasteiger partial charge < -0.3 is 18.8 Å². The summed E-state index contributed by atoms with van der Waals surface area (Å²) in [7, 11) is 4.95. The number of rotatable bonds is 6. The average Bonchev–Trinajstić information content (AvgIpc) is 3.15. The summed E-state index contributed by atoms with van der Waals surface area (Å²) in [5.41, 5.74) is 3.39. The van der Waals surface area contributed by atoms with E-state index in [-0.39, 0.29) is 6.04 Å². The first-order valence-corrected chi connectivity index (χ1v) is 10.5. The number of hydrogen-bond donors (Lipinski definition) is 0. The Morgan fingerprint density at radius 2 is 1.70 bits per heavy atom. The Balaban J connectivity index is 1.86. The van der Waals surface area contributed by atoms with E-state index < -0.39 is 0 Å². The van der Waals surface area contributed by atoms with Crippen LogP contribution in [0.15, 0.2) is 54.7 Å². The summed E-state index contributed by atoms with van der Waals surface area (Å²) >= 11 is 6.51. The van der Waals surface area contributed by atoms with Crippen molar-refractivity contribution < 1.29 is 14.2 Å². The molecule has 0 aliphatic carbocycles. The second kappa shape index (κ2) is 9.02. The number of fused-ring (bicyclic) bond motifs is 1. The Bertz CT molecular complexity index is 1020. The molecule has 1 aliphatic rings. The van der Waals surface area contributed by atoms with E-state index in [1.54, 1.807) is 21.3 Å². The fourth-order valence-electron chi connectivity index (χ4n) is 4.35. The highest BCUT2D eigenvalue weighted by Gasteiger charge is 2.32. The summed E-state index contributed by atoms with van der Waals surface area (Å²) in [6, 6.07) is 16.4. The van der Waals surface area contributed by atoms with E-state index in [9.17, 15) is 0 Å². The highest BCUT2D eigenvalue weighted by molar-refractivity contribution is 6.31. The van der Waals surface area contributed by atoms with E-state index in [0.717, 1.165) is 42.2 Å². The molecule has 0 N–H and O–H groups in total. The number of hydrogen-bond acceptors (Lipinski definition) is 4. The van der Waals surface area contributed by atoms with Gasteiger partial charge in [-0.2, -0.15) is 0 Å². The summed E-state index contributed by atoms with van der Waals surface area (Å²) < 4.78 is 19.3. The molecule has 0 saturated heterocycles. The first-order valence-electron chi connectivity index (χ1n) is 10.1. The highest BCUT2D eigenvalue weighted by atomic mass is 35.5. The molecular weight excluding hydrogens is 400 g/mol. The minimum atomic E-state index is -0.00599. The fraction of sp³-hybridized carbons (Fsp3) is 0.333. The van der Waals surface area contributed by atoms with Gasteiger partial charge in [0.15, 0.2) is 11.5 Å². The van der Waals surface area contributed by atoms with E-state index in [2.05, 4.69) is 39.9 Å². The molecular formula is C24H27ClN2O3. The maximum absolute atomic E-state index is 6.51. The molecule has 0 spiro atoms. The minimum Gasteiger partial charge on any atom is -0.493 e. The van der Waals surface area contributed by atoms with Crippen molar-refractivity contribution in [1.82, 2.24) is 9.47 Å². The summed E-state index contributed by atoms with van der Waals surface area (Å²) in [4.78, 5) is 2.46. The molecule has 3 aromatic rings. The van der Waals surface area contributed by atoms with Crippen molar-refractivity contribution in [2.24, 2.45) is 0 Å². The molecule has 0 radical (unpaired) electrons. The maximum atomic E-state index is 6.51. The zero-order chi connectivity index (χ0) is 21.1. The number of nitrogens with zero attached hydrogens (tertiary/aromatic N) is 2. The lowest BCUT2D eigenvalue weighted by Gasteiger charge is -2.32. The molecule has 2 aromatic carbocycles. The Kier molecular flexibility index (Phi) is 6.21. The van der Waals surface area contributed by atoms with Crippen molar-refractivity contribution in [1.29, 1.82) is 0 Å². The van der Waals surface area contributed by atoms with Crippen LogP contribution in [0.5, 0.6) is 17.2 Å². The second-order valence-corrected chi connectivity index (χ2v) is 7.78. The molecule has 1 atom stereocenters. The van der Waals surface area contributed by atoms with Crippen LogP contribution in [0, 0.1) is 0 Å². The molecule has 1 aliphatic heterocycles. The van der Waals surface area contributed by atoms with Gasteiger partial charge in [-0.25, -0.2) is 0 Å². The van der Waals surface area contributed by atoms with E-state index in [0.29, 0.717) is 17.2 Å². The average molecular weight is 427 g/mol. The Morgan fingerprint density at radius 1 is 0.900 bits per heavy atom. The van der Waals surface area contributed by atoms with Crippen LogP contribution >= 0.6 is 11.6 Å². The van der Waals surface area contributed by atoms with Gasteiger partial charge in [0.05, 0.1) is 27.4 Å². The molecule has 5 nitrogen and oxygen atoms in total. The van der Waals surface area contributed by atoms with Gasteiger partial charge in [0.25, 0.3) is 0 Å². The zero-order valence-electron chi connectivity index (χ0n) is 17.6. The van der Waals surface area contributed by atoms with Gasteiger partial charge in [0.2, 0.25) is 5.75 Å². The molecule has 158 valence electrons. The Labute approximate surface area is 182 Å². The highest BCUT2D eigenvalue weighted by Crippen LogP contribution is 2.46. The normalized spacial score (nSPS) is 16.6. The van der Waals surface area contributed by atoms with Crippen LogP contribution in [0.1, 0.15) is 29.3 Å². The maximum Gasteiger partial charge on any atom is 0.203 e. The molecule has 0 unspecified atom stereocenters. The van der Waals surface area contributed by atoms with E-state index >= 15 is 0 Å². The topological polar surface area (TPSA) is 35.9 Å². The van der Waals surface area contributed by atoms with Crippen LogP contribution in [-0.2, 0) is 13.1 Å². The van der Waals surface area contributed by atoms with Gasteiger partial charge in [-0.3, -0.25) is 4.90 Å². The van der Waals surface area contributed by atoms with Crippen LogP contribution in [0.2, 0.25) is 5.02 Å². The van der Waals surface area contributed by atoms with Crippen molar-refractivity contribution in [3.05, 3.63) is 76.6 Å². The summed E-state index contributed by atoms with van der Waals surface area (Å²) in [5.74, 6) is 1.96. The lowest BCUT2D eigenvalue weighted by molar-refractivity contribution is 0.214. The molecule has 0 fully saturated rings. The van der Waals surface area contributed by atoms with Gasteiger partial charge in [-0.05, 0) is 42.3 Å². The third kappa shape index (κ3) is 3.75. The molecule has 6 heteroatoms. The van der Waals surface area contributed by atoms with Crippen molar-refractivity contribution in [3.63, 3.8) is 0 Å². The summed E-state index contributed by atoms with van der Waals surface area (Å²) in [5, 5.41) is 0.787. The third-order valence-corrected chi connectivity index (χ3v) is 6.08. The Hall–Kier alpha value is -2.63. The number of halogens is 1. The van der Waals surface area contributed by atoms with Crippen LogP contribution in [0.3, 0.4) is 0 Å². The standard InChI is InChI=1S/C24H27ClN2O3/c1-28-21-12-11-18(23(29-2)24(21)30-3)22-20-10-6-13-26(20)14-7-15-27(22)16-17-8-4-5-9-19(17)25/h4-6,8-13,22H,7,14-16H2,1-3H3/t22-/m0/s1. The first-order chi connectivity index (χ1) is 14.7. The van der Waals surface area contributed by atoms with Gasteiger partial charge in [0, 0.05) is 42.1 Å². The van der Waals surface area contributed by atoms with Gasteiger partial charge in [0.1, 0.15) is 0 Å². The quantitative estimate of drug-likeness (QED) is 0.545. The predicted octanol–water partition coefficient (Wildman–Crippen LogP) is 5.16. The third-order valence-electron chi connectivity index (χ3n) is 5.71. The number of methoxy groups -OCH3 is 3. The lowest BCUT2D eigenvalue weighted by atomic mass is 9.99. The van der Waals surface area contributed by atoms with Crippen molar-refractivity contribution in [2.75, 3.05) is 27.9 Å². The largest absolute Gasteiger partial charge is 0.493 e. The number of aryl methyl sites for hydroxylation is 1. The molecule has 30 heavy (non-hydrogen) atoms. The monoisotopic (exact) mass is 426 g/mol. The number of aromatic nitrogens is 1. The molecule has 1 aromatic heterocycles. The fourth-order valence-corrected chi connectivity index (χ4v) is 4.55. The summed E-state index contributed by atoms with van der Waals surface area (Å²) in [6.07, 6.45) is 3.20.